The predicted octanol–water partition coefficient (Wildman–Crippen LogP) is 0.871. The second kappa shape index (κ2) is 4.47. The molecule has 1 atom stereocenters. The molecule has 1 rings (SSSR count). The van der Waals surface area contributed by atoms with E-state index in [-0.39, 0.29) is 5.91 Å². The lowest BCUT2D eigenvalue weighted by Gasteiger charge is -2.01. The topological polar surface area (TPSA) is 55.6 Å². The summed E-state index contributed by atoms with van der Waals surface area (Å²) >= 11 is 1.51. The summed E-state index contributed by atoms with van der Waals surface area (Å²) in [6, 6.07) is 0. The van der Waals surface area contributed by atoms with Crippen molar-refractivity contribution in [3.63, 3.8) is 0 Å². The molecular weight excluding hydrogens is 174 g/mol. The van der Waals surface area contributed by atoms with E-state index < -0.39 is 0 Å². The second-order valence-electron chi connectivity index (χ2n) is 2.55. The summed E-state index contributed by atoms with van der Waals surface area (Å²) < 4.78 is 0. The first kappa shape index (κ1) is 9.54. The van der Waals surface area contributed by atoms with Crippen LogP contribution in [0.3, 0.4) is 0 Å². The first-order chi connectivity index (χ1) is 5.72. The van der Waals surface area contributed by atoms with Gasteiger partial charge < -0.3 is 0 Å². The molecule has 1 heterocycles. The molecule has 0 aromatic heterocycles. The van der Waals surface area contributed by atoms with Crippen molar-refractivity contribution < 1.29 is 4.79 Å². The van der Waals surface area contributed by atoms with Gasteiger partial charge in [-0.05, 0) is 6.42 Å². The van der Waals surface area contributed by atoms with Crippen molar-refractivity contribution in [2.45, 2.75) is 32.1 Å². The van der Waals surface area contributed by atoms with Crippen LogP contribution in [0.1, 0.15) is 26.7 Å². The normalized spacial score (nSPS) is 25.8. The van der Waals surface area contributed by atoms with Gasteiger partial charge in [0.05, 0.1) is 5.37 Å². The highest BCUT2D eigenvalue weighted by molar-refractivity contribution is 8.14. The monoisotopic (exact) mass is 186 g/mol. The fourth-order valence-electron chi connectivity index (χ4n) is 0.879. The Morgan fingerprint density at radius 1 is 1.83 bits per heavy atom. The zero-order valence-electron chi connectivity index (χ0n) is 7.20. The Morgan fingerprint density at radius 3 is 3.17 bits per heavy atom. The van der Waals surface area contributed by atoms with E-state index in [9.17, 15) is 4.79 Å². The Hall–Kier alpha value is -0.550. The van der Waals surface area contributed by atoms with Crippen LogP contribution >= 0.6 is 11.8 Å². The Morgan fingerprint density at radius 2 is 2.58 bits per heavy atom. The molecule has 12 heavy (non-hydrogen) atoms. The van der Waals surface area contributed by atoms with Gasteiger partial charge in [0, 0.05) is 6.92 Å². The highest BCUT2D eigenvalue weighted by atomic mass is 32.2. The Bertz CT molecular complexity index is 205. The predicted molar refractivity (Wildman–Crippen MR) is 49.7 cm³/mol. The van der Waals surface area contributed by atoms with E-state index in [0.717, 1.165) is 12.8 Å². The summed E-state index contributed by atoms with van der Waals surface area (Å²) in [4.78, 5) is 14.3. The van der Waals surface area contributed by atoms with Crippen LogP contribution in [0.4, 0.5) is 0 Å². The summed E-state index contributed by atoms with van der Waals surface area (Å²) in [5.41, 5.74) is 6.84. The number of hydrogen-bond acceptors (Lipinski definition) is 3. The summed E-state index contributed by atoms with van der Waals surface area (Å²) in [5.74, 6) is -0.194. The van der Waals surface area contributed by atoms with Gasteiger partial charge in [-0.25, -0.2) is 0 Å². The van der Waals surface area contributed by atoms with Crippen LogP contribution in [-0.4, -0.2) is 16.4 Å². The molecule has 1 aliphatic rings. The third-order valence-electron chi connectivity index (χ3n) is 1.36. The number of amidine groups is 1. The molecule has 1 saturated heterocycles. The quantitative estimate of drug-likeness (QED) is 0.696. The van der Waals surface area contributed by atoms with E-state index >= 15 is 0 Å². The number of rotatable bonds is 2. The summed E-state index contributed by atoms with van der Waals surface area (Å²) in [7, 11) is 0. The maximum absolute atomic E-state index is 10.6. The first-order valence-electron chi connectivity index (χ1n) is 3.94. The molecule has 67 valence electrons. The molecule has 0 saturated carbocycles. The minimum absolute atomic E-state index is 0.194. The summed E-state index contributed by atoms with van der Waals surface area (Å²) in [6.07, 6.45) is 2.15. The van der Waals surface area contributed by atoms with Crippen LogP contribution in [0.5, 0.6) is 0 Å². The average Bonchev–Trinajstić information content (AvgIpc) is 2.36. The maximum atomic E-state index is 10.6. The number of hydrogen-bond donors (Lipinski definition) is 1. The molecule has 0 spiro atoms. The van der Waals surface area contributed by atoms with E-state index in [2.05, 4.69) is 22.8 Å². The third kappa shape index (κ3) is 2.83. The number of nitrogens with zero attached hydrogens (tertiary/aromatic N) is 2. The highest BCUT2D eigenvalue weighted by Crippen LogP contribution is 2.19. The zero-order valence-corrected chi connectivity index (χ0v) is 8.02. The largest absolute Gasteiger partial charge is 0.273 e. The standard InChI is InChI=1S/C7H12N3OS/c1-3-4-6-9-10-7(12-6)8-5(2)11/h6,9H,3-4H2,1-2H3. The Kier molecular flexibility index (Phi) is 3.55. The van der Waals surface area contributed by atoms with Gasteiger partial charge in [-0.3, -0.25) is 4.79 Å². The molecule has 1 amide bonds. The fraction of sp³-hybridized carbons (Fsp3) is 0.714. The minimum atomic E-state index is -0.194. The number of amides is 1. The van der Waals surface area contributed by atoms with Crippen LogP contribution in [-0.2, 0) is 4.79 Å². The molecule has 0 aromatic rings. The van der Waals surface area contributed by atoms with E-state index in [4.69, 9.17) is 0 Å². The van der Waals surface area contributed by atoms with E-state index in [0.29, 0.717) is 10.5 Å². The van der Waals surface area contributed by atoms with Crippen molar-refractivity contribution in [1.29, 1.82) is 0 Å². The molecule has 1 radical (unpaired) electrons. The number of thioether (sulfide) groups is 1. The number of carbonyl (C=O) groups is 1. The van der Waals surface area contributed by atoms with Gasteiger partial charge in [0.2, 0.25) is 11.1 Å². The van der Waals surface area contributed by atoms with Gasteiger partial charge in [-0.15, -0.1) is 0 Å². The van der Waals surface area contributed by atoms with Crippen molar-refractivity contribution in [1.82, 2.24) is 10.9 Å². The minimum Gasteiger partial charge on any atom is -0.273 e. The van der Waals surface area contributed by atoms with Gasteiger partial charge >= 0.3 is 0 Å². The molecule has 4 nitrogen and oxygen atoms in total. The number of carbonyl (C=O) groups excluding carboxylic acids is 1. The molecule has 0 aliphatic carbocycles. The van der Waals surface area contributed by atoms with E-state index in [1.165, 1.54) is 18.7 Å². The summed E-state index contributed by atoms with van der Waals surface area (Å²) in [5, 5.41) is 0.856. The van der Waals surface area contributed by atoms with Crippen molar-refractivity contribution >= 4 is 22.8 Å². The van der Waals surface area contributed by atoms with Gasteiger partial charge in [0.15, 0.2) is 0 Å². The lowest BCUT2D eigenvalue weighted by Crippen LogP contribution is -2.25. The van der Waals surface area contributed by atoms with Crippen molar-refractivity contribution in [2.75, 3.05) is 0 Å². The van der Waals surface area contributed by atoms with Crippen LogP contribution in [0.2, 0.25) is 0 Å². The SMILES string of the molecule is CCCC1N[N]C(=NC(C)=O)S1. The smallest absolute Gasteiger partial charge is 0.245 e. The van der Waals surface area contributed by atoms with Gasteiger partial charge in [0.25, 0.3) is 0 Å². The molecule has 5 heteroatoms. The average molecular weight is 186 g/mol. The summed E-state index contributed by atoms with van der Waals surface area (Å²) in [6.45, 7) is 3.54. The Balaban J connectivity index is 2.40. The van der Waals surface area contributed by atoms with Crippen molar-refractivity contribution in [3.05, 3.63) is 0 Å². The number of aliphatic imine (C=N–C) groups is 1. The molecule has 1 N–H and O–H groups in total. The molecule has 1 unspecified atom stereocenters. The van der Waals surface area contributed by atoms with Crippen molar-refractivity contribution in [3.8, 4) is 0 Å². The lowest BCUT2D eigenvalue weighted by molar-refractivity contribution is -0.115. The highest BCUT2D eigenvalue weighted by Gasteiger charge is 2.21. The molecule has 1 aliphatic heterocycles. The fourth-order valence-corrected chi connectivity index (χ4v) is 1.88. The lowest BCUT2D eigenvalue weighted by atomic mass is 10.3. The van der Waals surface area contributed by atoms with Gasteiger partial charge in [-0.1, -0.05) is 25.1 Å². The van der Waals surface area contributed by atoms with Gasteiger partial charge in [0.1, 0.15) is 0 Å². The molecule has 0 aromatic carbocycles. The number of nitrogens with one attached hydrogen (secondary N) is 1. The van der Waals surface area contributed by atoms with Crippen molar-refractivity contribution in [2.24, 2.45) is 4.99 Å². The van der Waals surface area contributed by atoms with Crippen LogP contribution in [0.15, 0.2) is 4.99 Å². The van der Waals surface area contributed by atoms with Crippen LogP contribution in [0, 0.1) is 0 Å². The molecule has 1 fully saturated rings. The Labute approximate surface area is 76.2 Å². The van der Waals surface area contributed by atoms with E-state index in [1.807, 2.05) is 0 Å². The maximum Gasteiger partial charge on any atom is 0.245 e. The first-order valence-corrected chi connectivity index (χ1v) is 4.82. The third-order valence-corrected chi connectivity index (χ3v) is 2.37. The van der Waals surface area contributed by atoms with Gasteiger partial charge in [-0.2, -0.15) is 15.8 Å². The van der Waals surface area contributed by atoms with E-state index in [1.54, 1.807) is 0 Å². The van der Waals surface area contributed by atoms with Crippen LogP contribution < -0.4 is 10.9 Å². The zero-order chi connectivity index (χ0) is 8.97. The van der Waals surface area contributed by atoms with Crippen LogP contribution in [0.25, 0.3) is 0 Å². The second-order valence-corrected chi connectivity index (χ2v) is 3.72. The molecular formula is C7H12N3OS. The molecule has 0 bridgehead atoms.